The maximum Gasteiger partial charge on any atom is 0.261 e. The van der Waals surface area contributed by atoms with Gasteiger partial charge in [-0.15, -0.1) is 0 Å². The smallest absolute Gasteiger partial charge is 0.261 e. The number of hydrogen-bond acceptors (Lipinski definition) is 2. The van der Waals surface area contributed by atoms with Gasteiger partial charge in [0.15, 0.2) is 0 Å². The van der Waals surface area contributed by atoms with E-state index in [1.54, 1.807) is 0 Å². The number of furan rings is 1. The second-order valence-electron chi connectivity index (χ2n) is 6.67. The molecule has 0 radical (unpaired) electrons. The molecule has 3 aromatic carbocycles. The van der Waals surface area contributed by atoms with Crippen LogP contribution in [0.1, 0.15) is 5.56 Å². The van der Waals surface area contributed by atoms with Crippen molar-refractivity contribution < 1.29 is 8.98 Å². The van der Waals surface area contributed by atoms with E-state index in [0.29, 0.717) is 0 Å². The standard InChI is InChI=1S/C23H18N2O/c1-15-9-3-6-12-18(15)24-21-16-10-4-7-13-19(16)25(2)22-17-11-5-8-14-20(17)26-23(21)22/h3-14H,1-2H3/p+1. The van der Waals surface area contributed by atoms with Crippen molar-refractivity contribution in [1.29, 1.82) is 0 Å². The summed E-state index contributed by atoms with van der Waals surface area (Å²) in [6, 6.07) is 25.0. The zero-order valence-corrected chi connectivity index (χ0v) is 14.8. The predicted octanol–water partition coefficient (Wildman–Crippen LogP) is 5.62. The molecule has 3 nitrogen and oxygen atoms in total. The Morgan fingerprint density at radius 2 is 1.50 bits per heavy atom. The molecule has 5 aromatic rings. The Hall–Kier alpha value is -3.33. The zero-order valence-electron chi connectivity index (χ0n) is 14.8. The van der Waals surface area contributed by atoms with Crippen molar-refractivity contribution >= 4 is 44.3 Å². The molecule has 5 rings (SSSR count). The fraction of sp³-hybridized carbons (Fsp3) is 0.0870. The number of pyridine rings is 1. The predicted molar refractivity (Wildman–Crippen MR) is 107 cm³/mol. The van der Waals surface area contributed by atoms with E-state index < -0.39 is 0 Å². The number of fused-ring (bicyclic) bond motifs is 4. The molecule has 126 valence electrons. The third kappa shape index (κ3) is 2.10. The van der Waals surface area contributed by atoms with Crippen molar-refractivity contribution in [3.63, 3.8) is 0 Å². The van der Waals surface area contributed by atoms with Crippen LogP contribution in [-0.4, -0.2) is 0 Å². The van der Waals surface area contributed by atoms with Gasteiger partial charge in [0.1, 0.15) is 18.3 Å². The van der Waals surface area contributed by atoms with Gasteiger partial charge in [0, 0.05) is 11.8 Å². The summed E-state index contributed by atoms with van der Waals surface area (Å²) in [4.78, 5) is 0. The summed E-state index contributed by atoms with van der Waals surface area (Å²) in [6.45, 7) is 2.11. The molecule has 0 aliphatic rings. The number of hydrogen-bond donors (Lipinski definition) is 1. The number of nitrogens with one attached hydrogen (secondary N) is 1. The molecule has 1 N–H and O–H groups in total. The number of anilines is 2. The molecule has 0 atom stereocenters. The molecular formula is C23H19N2O+. The van der Waals surface area contributed by atoms with Crippen LogP contribution in [0.4, 0.5) is 11.4 Å². The summed E-state index contributed by atoms with van der Waals surface area (Å²) in [6.07, 6.45) is 0. The molecule has 0 unspecified atom stereocenters. The number of benzene rings is 3. The monoisotopic (exact) mass is 339 g/mol. The summed E-state index contributed by atoms with van der Waals surface area (Å²) in [7, 11) is 2.10. The Balaban J connectivity index is 1.93. The summed E-state index contributed by atoms with van der Waals surface area (Å²) in [5.74, 6) is 0. The lowest BCUT2D eigenvalue weighted by Crippen LogP contribution is -2.30. The molecule has 0 saturated carbocycles. The second kappa shape index (κ2) is 5.60. The minimum Gasteiger partial charge on any atom is -0.447 e. The van der Waals surface area contributed by atoms with Crippen molar-refractivity contribution in [2.45, 2.75) is 6.92 Å². The van der Waals surface area contributed by atoms with Crippen LogP contribution in [0.5, 0.6) is 0 Å². The number of aromatic nitrogens is 1. The van der Waals surface area contributed by atoms with Crippen LogP contribution >= 0.6 is 0 Å². The van der Waals surface area contributed by atoms with Gasteiger partial charge < -0.3 is 9.73 Å². The first-order valence-electron chi connectivity index (χ1n) is 8.78. The summed E-state index contributed by atoms with van der Waals surface area (Å²) in [5, 5.41) is 5.91. The minimum atomic E-state index is 0.885. The van der Waals surface area contributed by atoms with E-state index in [1.807, 2.05) is 12.1 Å². The van der Waals surface area contributed by atoms with Crippen molar-refractivity contribution in [1.82, 2.24) is 0 Å². The van der Waals surface area contributed by atoms with E-state index in [1.165, 1.54) is 11.1 Å². The van der Waals surface area contributed by atoms with Gasteiger partial charge in [-0.1, -0.05) is 42.5 Å². The molecule has 3 heteroatoms. The van der Waals surface area contributed by atoms with Crippen molar-refractivity contribution in [3.05, 3.63) is 78.4 Å². The number of rotatable bonds is 2. The largest absolute Gasteiger partial charge is 0.447 e. The molecule has 2 aromatic heterocycles. The first-order valence-corrected chi connectivity index (χ1v) is 8.78. The highest BCUT2D eigenvalue weighted by atomic mass is 16.3. The average molecular weight is 339 g/mol. The maximum absolute atomic E-state index is 6.30. The van der Waals surface area contributed by atoms with E-state index >= 15 is 0 Å². The van der Waals surface area contributed by atoms with Crippen molar-refractivity contribution in [2.24, 2.45) is 7.05 Å². The summed E-state index contributed by atoms with van der Waals surface area (Å²) < 4.78 is 8.52. The van der Waals surface area contributed by atoms with Gasteiger partial charge in [-0.05, 0) is 36.8 Å². The lowest BCUT2D eigenvalue weighted by Gasteiger charge is -2.11. The molecule has 26 heavy (non-hydrogen) atoms. The molecule has 0 aliphatic carbocycles. The Morgan fingerprint density at radius 1 is 0.808 bits per heavy atom. The van der Waals surface area contributed by atoms with Gasteiger partial charge in [-0.3, -0.25) is 0 Å². The molecule has 0 aliphatic heterocycles. The zero-order chi connectivity index (χ0) is 17.7. The summed E-state index contributed by atoms with van der Waals surface area (Å²) >= 11 is 0. The molecule has 0 bridgehead atoms. The van der Waals surface area contributed by atoms with Gasteiger partial charge in [-0.25, -0.2) is 0 Å². The molecule has 0 spiro atoms. The van der Waals surface area contributed by atoms with Crippen LogP contribution in [0, 0.1) is 6.92 Å². The highest BCUT2D eigenvalue weighted by Crippen LogP contribution is 2.37. The van der Waals surface area contributed by atoms with E-state index in [2.05, 4.69) is 84.5 Å². The van der Waals surface area contributed by atoms with Crippen LogP contribution < -0.4 is 9.88 Å². The molecule has 2 heterocycles. The second-order valence-corrected chi connectivity index (χ2v) is 6.67. The van der Waals surface area contributed by atoms with Crippen molar-refractivity contribution in [3.8, 4) is 0 Å². The highest BCUT2D eigenvalue weighted by Gasteiger charge is 2.24. The van der Waals surface area contributed by atoms with Gasteiger partial charge in [0.25, 0.3) is 5.52 Å². The molecule has 0 amide bonds. The first kappa shape index (κ1) is 15.0. The SMILES string of the molecule is Cc1ccccc1Nc1c2ccccc2[n+](C)c2c1oc1ccccc12. The van der Waals surface area contributed by atoms with E-state index in [9.17, 15) is 0 Å². The Kier molecular flexibility index (Phi) is 3.22. The summed E-state index contributed by atoms with van der Waals surface area (Å²) in [5.41, 5.74) is 7.37. The number of aryl methyl sites for hydroxylation is 2. The molecule has 0 saturated heterocycles. The third-order valence-corrected chi connectivity index (χ3v) is 5.07. The van der Waals surface area contributed by atoms with E-state index in [0.717, 1.165) is 38.8 Å². The van der Waals surface area contributed by atoms with Crippen LogP contribution in [-0.2, 0) is 7.05 Å². The lowest BCUT2D eigenvalue weighted by atomic mass is 10.1. The van der Waals surface area contributed by atoms with Gasteiger partial charge >= 0.3 is 0 Å². The molecule has 0 fully saturated rings. The van der Waals surface area contributed by atoms with Gasteiger partial charge in [0.2, 0.25) is 11.1 Å². The highest BCUT2D eigenvalue weighted by molar-refractivity contribution is 6.12. The van der Waals surface area contributed by atoms with Crippen LogP contribution in [0.2, 0.25) is 0 Å². The Bertz CT molecular complexity index is 1280. The molecular weight excluding hydrogens is 320 g/mol. The Morgan fingerprint density at radius 3 is 2.35 bits per heavy atom. The minimum absolute atomic E-state index is 0.885. The third-order valence-electron chi connectivity index (χ3n) is 5.07. The fourth-order valence-corrected chi connectivity index (χ4v) is 3.73. The Labute approximate surface area is 151 Å². The first-order chi connectivity index (χ1) is 12.7. The van der Waals surface area contributed by atoms with Crippen LogP contribution in [0.15, 0.2) is 77.2 Å². The average Bonchev–Trinajstić information content (AvgIpc) is 3.06. The van der Waals surface area contributed by atoms with Crippen LogP contribution in [0.3, 0.4) is 0 Å². The lowest BCUT2D eigenvalue weighted by molar-refractivity contribution is -0.616. The van der Waals surface area contributed by atoms with E-state index in [4.69, 9.17) is 4.42 Å². The van der Waals surface area contributed by atoms with E-state index in [-0.39, 0.29) is 0 Å². The topological polar surface area (TPSA) is 29.1 Å². The van der Waals surface area contributed by atoms with Crippen molar-refractivity contribution in [2.75, 3.05) is 5.32 Å². The maximum atomic E-state index is 6.30. The van der Waals surface area contributed by atoms with Gasteiger partial charge in [-0.2, -0.15) is 4.57 Å². The quantitative estimate of drug-likeness (QED) is 0.423. The number of nitrogens with zero attached hydrogens (tertiary/aromatic N) is 1. The van der Waals surface area contributed by atoms with Crippen LogP contribution in [0.25, 0.3) is 33.0 Å². The normalized spacial score (nSPS) is 11.5. The number of para-hydroxylation sites is 3. The van der Waals surface area contributed by atoms with Gasteiger partial charge in [0.05, 0.1) is 10.8 Å². The fourth-order valence-electron chi connectivity index (χ4n) is 3.73.